The molecule has 1 fully saturated rings. The molecule has 0 bridgehead atoms. The van der Waals surface area contributed by atoms with Crippen molar-refractivity contribution in [1.82, 2.24) is 10.3 Å². The zero-order chi connectivity index (χ0) is 13.1. The zero-order valence-electron chi connectivity index (χ0n) is 11.4. The summed E-state index contributed by atoms with van der Waals surface area (Å²) in [7, 11) is 0. The molecule has 0 saturated heterocycles. The van der Waals surface area contributed by atoms with Gasteiger partial charge < -0.3 is 10.4 Å². The maximum Gasteiger partial charge on any atom is 0.0772 e. The molecule has 1 aliphatic rings. The van der Waals surface area contributed by atoms with E-state index >= 15 is 0 Å². The van der Waals surface area contributed by atoms with Crippen molar-refractivity contribution in [1.29, 1.82) is 0 Å². The Morgan fingerprint density at radius 1 is 1.28 bits per heavy atom. The Bertz CT molecular complexity index is 365. The van der Waals surface area contributed by atoms with Crippen molar-refractivity contribution in [3.8, 4) is 0 Å². The van der Waals surface area contributed by atoms with Crippen LogP contribution in [0, 0.1) is 5.41 Å². The van der Waals surface area contributed by atoms with Crippen LogP contribution >= 0.6 is 0 Å². The molecule has 2 rings (SSSR count). The molecule has 0 spiro atoms. The molecule has 0 radical (unpaired) electrons. The lowest BCUT2D eigenvalue weighted by Crippen LogP contribution is -2.44. The SMILES string of the molecule is CC1(C)CCC(O)(CNCc2cccnc2)CC1. The maximum absolute atomic E-state index is 10.5. The van der Waals surface area contributed by atoms with E-state index in [2.05, 4.69) is 24.1 Å². The Morgan fingerprint density at radius 3 is 2.61 bits per heavy atom. The summed E-state index contributed by atoms with van der Waals surface area (Å²) in [6, 6.07) is 3.99. The number of pyridine rings is 1. The summed E-state index contributed by atoms with van der Waals surface area (Å²) in [5, 5.41) is 13.9. The summed E-state index contributed by atoms with van der Waals surface area (Å²) < 4.78 is 0. The summed E-state index contributed by atoms with van der Waals surface area (Å²) in [6.07, 6.45) is 7.66. The molecule has 3 heteroatoms. The van der Waals surface area contributed by atoms with Crippen molar-refractivity contribution in [2.75, 3.05) is 6.54 Å². The third-order valence-electron chi connectivity index (χ3n) is 4.04. The van der Waals surface area contributed by atoms with E-state index in [1.165, 1.54) is 0 Å². The summed E-state index contributed by atoms with van der Waals surface area (Å²) in [6.45, 7) is 6.03. The van der Waals surface area contributed by atoms with Crippen molar-refractivity contribution < 1.29 is 5.11 Å². The predicted molar refractivity (Wildman–Crippen MR) is 73.1 cm³/mol. The second-order valence-corrected chi connectivity index (χ2v) is 6.35. The van der Waals surface area contributed by atoms with Crippen molar-refractivity contribution in [2.45, 2.75) is 51.7 Å². The second-order valence-electron chi connectivity index (χ2n) is 6.35. The summed E-state index contributed by atoms with van der Waals surface area (Å²) in [5.74, 6) is 0. The molecule has 0 atom stereocenters. The first kappa shape index (κ1) is 13.5. The molecule has 3 nitrogen and oxygen atoms in total. The minimum atomic E-state index is -0.516. The molecule has 0 aliphatic heterocycles. The molecule has 100 valence electrons. The fourth-order valence-corrected chi connectivity index (χ4v) is 2.51. The van der Waals surface area contributed by atoms with Gasteiger partial charge in [0.15, 0.2) is 0 Å². The van der Waals surface area contributed by atoms with Crippen LogP contribution in [0.2, 0.25) is 0 Å². The smallest absolute Gasteiger partial charge is 0.0772 e. The van der Waals surface area contributed by atoms with Gasteiger partial charge in [0, 0.05) is 25.5 Å². The first-order valence-corrected chi connectivity index (χ1v) is 6.81. The normalized spacial score (nSPS) is 21.7. The Labute approximate surface area is 110 Å². The van der Waals surface area contributed by atoms with Crippen LogP contribution in [0.4, 0.5) is 0 Å². The average molecular weight is 248 g/mol. The van der Waals surface area contributed by atoms with Gasteiger partial charge in [0.2, 0.25) is 0 Å². The molecule has 1 saturated carbocycles. The molecule has 0 aromatic carbocycles. The summed E-state index contributed by atoms with van der Waals surface area (Å²) in [5.41, 5.74) is 1.05. The van der Waals surface area contributed by atoms with Crippen LogP contribution < -0.4 is 5.32 Å². The monoisotopic (exact) mass is 248 g/mol. The standard InChI is InChI=1S/C15H24N2O/c1-14(2)5-7-15(18,8-6-14)12-17-11-13-4-3-9-16-10-13/h3-4,9-10,17-18H,5-8,11-12H2,1-2H3. The average Bonchev–Trinajstić information content (AvgIpc) is 2.35. The van der Waals surface area contributed by atoms with E-state index in [1.54, 1.807) is 6.20 Å². The molecule has 0 amide bonds. The zero-order valence-corrected chi connectivity index (χ0v) is 11.4. The Balaban J connectivity index is 1.77. The molecule has 1 aromatic rings. The first-order valence-electron chi connectivity index (χ1n) is 6.81. The lowest BCUT2D eigenvalue weighted by atomic mass is 9.71. The molecule has 1 aliphatic carbocycles. The summed E-state index contributed by atoms with van der Waals surface area (Å²) in [4.78, 5) is 4.08. The van der Waals surface area contributed by atoms with Crippen molar-refractivity contribution >= 4 is 0 Å². The lowest BCUT2D eigenvalue weighted by Gasteiger charge is -2.40. The van der Waals surface area contributed by atoms with Crippen molar-refractivity contribution in [3.05, 3.63) is 30.1 Å². The molecular weight excluding hydrogens is 224 g/mol. The Kier molecular flexibility index (Phi) is 4.03. The highest BCUT2D eigenvalue weighted by Crippen LogP contribution is 2.39. The fourth-order valence-electron chi connectivity index (χ4n) is 2.51. The number of aromatic nitrogens is 1. The largest absolute Gasteiger partial charge is 0.389 e. The minimum Gasteiger partial charge on any atom is -0.389 e. The first-order chi connectivity index (χ1) is 8.49. The van der Waals surface area contributed by atoms with Gasteiger partial charge in [-0.15, -0.1) is 0 Å². The molecule has 0 unspecified atom stereocenters. The van der Waals surface area contributed by atoms with Gasteiger partial charge in [0.1, 0.15) is 0 Å². The third kappa shape index (κ3) is 3.79. The number of hydrogen-bond donors (Lipinski definition) is 2. The van der Waals surface area contributed by atoms with Crippen LogP contribution in [0.1, 0.15) is 45.1 Å². The van der Waals surface area contributed by atoms with E-state index in [4.69, 9.17) is 0 Å². The van der Waals surface area contributed by atoms with Gasteiger partial charge in [0.05, 0.1) is 5.60 Å². The summed E-state index contributed by atoms with van der Waals surface area (Å²) >= 11 is 0. The Hall–Kier alpha value is -0.930. The van der Waals surface area contributed by atoms with E-state index < -0.39 is 5.60 Å². The Morgan fingerprint density at radius 2 is 2.00 bits per heavy atom. The molecule has 18 heavy (non-hydrogen) atoms. The molecular formula is C15H24N2O. The fraction of sp³-hybridized carbons (Fsp3) is 0.667. The van der Waals surface area contributed by atoms with E-state index in [1.807, 2.05) is 18.3 Å². The van der Waals surface area contributed by atoms with Gasteiger partial charge in [0.25, 0.3) is 0 Å². The third-order valence-corrected chi connectivity index (χ3v) is 4.04. The number of nitrogens with zero attached hydrogens (tertiary/aromatic N) is 1. The quantitative estimate of drug-likeness (QED) is 0.860. The molecule has 1 heterocycles. The number of nitrogens with one attached hydrogen (secondary N) is 1. The van der Waals surface area contributed by atoms with Crippen LogP contribution in [0.15, 0.2) is 24.5 Å². The van der Waals surface area contributed by atoms with Crippen LogP contribution in [-0.4, -0.2) is 22.2 Å². The highest BCUT2D eigenvalue weighted by atomic mass is 16.3. The van der Waals surface area contributed by atoms with Crippen LogP contribution in [0.5, 0.6) is 0 Å². The van der Waals surface area contributed by atoms with Crippen LogP contribution in [0.25, 0.3) is 0 Å². The van der Waals surface area contributed by atoms with Gasteiger partial charge in [-0.05, 0) is 42.7 Å². The number of rotatable bonds is 4. The lowest BCUT2D eigenvalue weighted by molar-refractivity contribution is -0.0245. The minimum absolute atomic E-state index is 0.398. The van der Waals surface area contributed by atoms with Gasteiger partial charge in [-0.1, -0.05) is 19.9 Å². The van der Waals surface area contributed by atoms with Gasteiger partial charge in [-0.3, -0.25) is 4.98 Å². The van der Waals surface area contributed by atoms with Gasteiger partial charge in [-0.25, -0.2) is 0 Å². The van der Waals surface area contributed by atoms with Gasteiger partial charge in [-0.2, -0.15) is 0 Å². The van der Waals surface area contributed by atoms with Crippen molar-refractivity contribution in [3.63, 3.8) is 0 Å². The molecule has 1 aromatic heterocycles. The highest BCUT2D eigenvalue weighted by Gasteiger charge is 2.36. The highest BCUT2D eigenvalue weighted by molar-refractivity contribution is 5.08. The predicted octanol–water partition coefficient (Wildman–Crippen LogP) is 2.50. The van der Waals surface area contributed by atoms with Crippen molar-refractivity contribution in [2.24, 2.45) is 5.41 Å². The van der Waals surface area contributed by atoms with Gasteiger partial charge >= 0.3 is 0 Å². The van der Waals surface area contributed by atoms with Crippen LogP contribution in [0.3, 0.4) is 0 Å². The van der Waals surface area contributed by atoms with E-state index in [9.17, 15) is 5.11 Å². The van der Waals surface area contributed by atoms with Crippen LogP contribution in [-0.2, 0) is 6.54 Å². The van der Waals surface area contributed by atoms with E-state index in [-0.39, 0.29) is 0 Å². The number of aliphatic hydroxyl groups is 1. The topological polar surface area (TPSA) is 45.1 Å². The number of hydrogen-bond acceptors (Lipinski definition) is 3. The van der Waals surface area contributed by atoms with E-state index in [0.29, 0.717) is 12.0 Å². The molecule has 2 N–H and O–H groups in total. The van der Waals surface area contributed by atoms with E-state index in [0.717, 1.165) is 37.8 Å². The second kappa shape index (κ2) is 5.37. The maximum atomic E-state index is 10.5.